The van der Waals surface area contributed by atoms with Crippen molar-refractivity contribution in [2.45, 2.75) is 19.4 Å². The Labute approximate surface area is 111 Å². The van der Waals surface area contributed by atoms with E-state index in [1.165, 1.54) is 0 Å². The van der Waals surface area contributed by atoms with Crippen molar-refractivity contribution >= 4 is 22.9 Å². The SMILES string of the molecule is CC(NC(=O)Cc1ccsc1)c1cccc(N)c1. The van der Waals surface area contributed by atoms with E-state index >= 15 is 0 Å². The predicted molar refractivity (Wildman–Crippen MR) is 75.4 cm³/mol. The van der Waals surface area contributed by atoms with E-state index in [1.54, 1.807) is 11.3 Å². The van der Waals surface area contributed by atoms with Crippen molar-refractivity contribution in [2.75, 3.05) is 5.73 Å². The normalized spacial score (nSPS) is 12.1. The average molecular weight is 260 g/mol. The Morgan fingerprint density at radius 1 is 1.44 bits per heavy atom. The van der Waals surface area contributed by atoms with Gasteiger partial charge in [0.05, 0.1) is 12.5 Å². The second kappa shape index (κ2) is 5.69. The lowest BCUT2D eigenvalue weighted by Crippen LogP contribution is -2.28. The summed E-state index contributed by atoms with van der Waals surface area (Å²) in [5.74, 6) is 0.0309. The molecule has 3 nitrogen and oxygen atoms in total. The minimum atomic E-state index is -0.0281. The summed E-state index contributed by atoms with van der Waals surface area (Å²) in [6.07, 6.45) is 0.427. The first-order valence-corrected chi connectivity index (χ1v) is 6.75. The molecule has 0 spiro atoms. The fourth-order valence-corrected chi connectivity index (χ4v) is 2.45. The first-order valence-electron chi connectivity index (χ1n) is 5.81. The van der Waals surface area contributed by atoms with Crippen molar-refractivity contribution in [3.8, 4) is 0 Å². The van der Waals surface area contributed by atoms with E-state index in [2.05, 4.69) is 5.32 Å². The molecule has 1 heterocycles. The number of nitrogen functional groups attached to an aromatic ring is 1. The molecule has 18 heavy (non-hydrogen) atoms. The molecular formula is C14H16N2OS. The fraction of sp³-hybridized carbons (Fsp3) is 0.214. The van der Waals surface area contributed by atoms with Gasteiger partial charge in [-0.3, -0.25) is 4.79 Å². The molecular weight excluding hydrogens is 244 g/mol. The van der Waals surface area contributed by atoms with Gasteiger partial charge in [-0.05, 0) is 47.0 Å². The van der Waals surface area contributed by atoms with Crippen molar-refractivity contribution in [1.82, 2.24) is 5.32 Å². The highest BCUT2D eigenvalue weighted by molar-refractivity contribution is 7.07. The van der Waals surface area contributed by atoms with Gasteiger partial charge in [0.2, 0.25) is 5.91 Å². The molecule has 3 N–H and O–H groups in total. The molecule has 1 unspecified atom stereocenters. The quantitative estimate of drug-likeness (QED) is 0.830. The summed E-state index contributed by atoms with van der Waals surface area (Å²) in [6.45, 7) is 1.96. The van der Waals surface area contributed by atoms with E-state index < -0.39 is 0 Å². The molecule has 0 saturated heterocycles. The molecule has 1 aromatic heterocycles. The van der Waals surface area contributed by atoms with Crippen LogP contribution in [-0.4, -0.2) is 5.91 Å². The number of carbonyl (C=O) groups excluding carboxylic acids is 1. The standard InChI is InChI=1S/C14H16N2OS/c1-10(12-3-2-4-13(15)8-12)16-14(17)7-11-5-6-18-9-11/h2-6,8-10H,7,15H2,1H3,(H,16,17). The second-order valence-electron chi connectivity index (χ2n) is 4.27. The Kier molecular flexibility index (Phi) is 3.99. The third kappa shape index (κ3) is 3.34. The van der Waals surface area contributed by atoms with Crippen LogP contribution in [-0.2, 0) is 11.2 Å². The van der Waals surface area contributed by atoms with Crippen molar-refractivity contribution in [3.05, 3.63) is 52.2 Å². The van der Waals surface area contributed by atoms with E-state index in [9.17, 15) is 4.79 Å². The van der Waals surface area contributed by atoms with Crippen molar-refractivity contribution in [1.29, 1.82) is 0 Å². The topological polar surface area (TPSA) is 55.1 Å². The van der Waals surface area contributed by atoms with Crippen LogP contribution in [0.4, 0.5) is 5.69 Å². The van der Waals surface area contributed by atoms with Crippen LogP contribution < -0.4 is 11.1 Å². The number of thiophene rings is 1. The monoisotopic (exact) mass is 260 g/mol. The second-order valence-corrected chi connectivity index (χ2v) is 5.05. The molecule has 2 rings (SSSR count). The molecule has 1 amide bonds. The molecule has 1 aromatic carbocycles. The number of nitrogens with one attached hydrogen (secondary N) is 1. The zero-order chi connectivity index (χ0) is 13.0. The predicted octanol–water partition coefficient (Wildman–Crippen LogP) is 2.75. The van der Waals surface area contributed by atoms with E-state index in [4.69, 9.17) is 5.73 Å². The molecule has 4 heteroatoms. The average Bonchev–Trinajstić information content (AvgIpc) is 2.81. The van der Waals surface area contributed by atoms with Crippen LogP contribution in [0, 0.1) is 0 Å². The molecule has 94 valence electrons. The third-order valence-corrected chi connectivity index (χ3v) is 3.47. The molecule has 0 bridgehead atoms. The Morgan fingerprint density at radius 2 is 2.28 bits per heavy atom. The van der Waals surface area contributed by atoms with E-state index in [0.29, 0.717) is 12.1 Å². The number of hydrogen-bond acceptors (Lipinski definition) is 3. The summed E-state index contributed by atoms with van der Waals surface area (Å²) in [6, 6.07) is 9.52. The van der Waals surface area contributed by atoms with Gasteiger partial charge in [0.25, 0.3) is 0 Å². The number of anilines is 1. The molecule has 0 aliphatic rings. The molecule has 0 aliphatic carbocycles. The molecule has 1 atom stereocenters. The Hall–Kier alpha value is -1.81. The lowest BCUT2D eigenvalue weighted by Gasteiger charge is -2.14. The van der Waals surface area contributed by atoms with Gasteiger partial charge >= 0.3 is 0 Å². The minimum absolute atomic E-state index is 0.0281. The Balaban J connectivity index is 1.95. The molecule has 2 aromatic rings. The number of benzene rings is 1. The van der Waals surface area contributed by atoms with Crippen LogP contribution in [0.2, 0.25) is 0 Å². The van der Waals surface area contributed by atoms with Gasteiger partial charge in [-0.25, -0.2) is 0 Å². The van der Waals surface area contributed by atoms with Crippen molar-refractivity contribution in [3.63, 3.8) is 0 Å². The maximum Gasteiger partial charge on any atom is 0.224 e. The van der Waals surface area contributed by atoms with Crippen LogP contribution in [0.3, 0.4) is 0 Å². The van der Waals surface area contributed by atoms with Gasteiger partial charge in [-0.15, -0.1) is 0 Å². The summed E-state index contributed by atoms with van der Waals surface area (Å²) < 4.78 is 0. The largest absolute Gasteiger partial charge is 0.399 e. The van der Waals surface area contributed by atoms with Gasteiger partial charge in [0, 0.05) is 5.69 Å². The van der Waals surface area contributed by atoms with E-state index in [1.807, 2.05) is 48.0 Å². The molecule has 0 aliphatic heterocycles. The first-order chi connectivity index (χ1) is 8.65. The van der Waals surface area contributed by atoms with Crippen LogP contribution >= 0.6 is 11.3 Å². The minimum Gasteiger partial charge on any atom is -0.399 e. The Bertz CT molecular complexity index is 522. The zero-order valence-electron chi connectivity index (χ0n) is 10.2. The molecule has 0 fully saturated rings. The summed E-state index contributed by atoms with van der Waals surface area (Å²) in [4.78, 5) is 11.8. The number of nitrogens with two attached hydrogens (primary N) is 1. The number of amides is 1. The maximum atomic E-state index is 11.8. The summed E-state index contributed by atoms with van der Waals surface area (Å²) in [5.41, 5.74) is 8.51. The first kappa shape index (κ1) is 12.6. The fourth-order valence-electron chi connectivity index (χ4n) is 1.78. The van der Waals surface area contributed by atoms with Crippen molar-refractivity contribution < 1.29 is 4.79 Å². The van der Waals surface area contributed by atoms with Crippen LogP contribution in [0.1, 0.15) is 24.1 Å². The summed E-state index contributed by atoms with van der Waals surface area (Å²) >= 11 is 1.60. The van der Waals surface area contributed by atoms with Crippen molar-refractivity contribution in [2.24, 2.45) is 0 Å². The lowest BCUT2D eigenvalue weighted by atomic mass is 10.1. The van der Waals surface area contributed by atoms with Gasteiger partial charge in [-0.2, -0.15) is 11.3 Å². The van der Waals surface area contributed by atoms with Crippen LogP contribution in [0.15, 0.2) is 41.1 Å². The van der Waals surface area contributed by atoms with Gasteiger partial charge < -0.3 is 11.1 Å². The summed E-state index contributed by atoms with van der Waals surface area (Å²) in [5, 5.41) is 6.94. The molecule has 0 radical (unpaired) electrons. The molecule has 0 saturated carbocycles. The van der Waals surface area contributed by atoms with E-state index in [-0.39, 0.29) is 11.9 Å². The highest BCUT2D eigenvalue weighted by atomic mass is 32.1. The van der Waals surface area contributed by atoms with Gasteiger partial charge in [-0.1, -0.05) is 12.1 Å². The van der Waals surface area contributed by atoms with Crippen LogP contribution in [0.5, 0.6) is 0 Å². The van der Waals surface area contributed by atoms with Gasteiger partial charge in [0.1, 0.15) is 0 Å². The third-order valence-electron chi connectivity index (χ3n) is 2.73. The highest BCUT2D eigenvalue weighted by Gasteiger charge is 2.10. The number of carbonyl (C=O) groups is 1. The summed E-state index contributed by atoms with van der Waals surface area (Å²) in [7, 11) is 0. The smallest absolute Gasteiger partial charge is 0.224 e. The van der Waals surface area contributed by atoms with E-state index in [0.717, 1.165) is 11.1 Å². The number of rotatable bonds is 4. The Morgan fingerprint density at radius 3 is 2.94 bits per heavy atom. The highest BCUT2D eigenvalue weighted by Crippen LogP contribution is 2.15. The maximum absolute atomic E-state index is 11.8. The zero-order valence-corrected chi connectivity index (χ0v) is 11.0. The van der Waals surface area contributed by atoms with Gasteiger partial charge in [0.15, 0.2) is 0 Å². The van der Waals surface area contributed by atoms with Crippen LogP contribution in [0.25, 0.3) is 0 Å². The lowest BCUT2D eigenvalue weighted by molar-refractivity contribution is -0.121. The number of hydrogen-bond donors (Lipinski definition) is 2.